The van der Waals surface area contributed by atoms with Crippen LogP contribution in [0.5, 0.6) is 0 Å². The summed E-state index contributed by atoms with van der Waals surface area (Å²) in [5.41, 5.74) is 10.6. The fraction of sp³-hybridized carbons (Fsp3) is 0.115. The summed E-state index contributed by atoms with van der Waals surface area (Å²) in [5.74, 6) is 5.28. The van der Waals surface area contributed by atoms with Crippen molar-refractivity contribution >= 4 is 40.1 Å². The SMILES string of the molecule is C=C1c2c(-c3ccc(C(=O)Nc4ccccn4)cc3)c3c(N)ncnc3n2CC1NC(=O)C#CC. The smallest absolute Gasteiger partial charge is 0.296 e. The molecular formula is C26H21N7O2. The predicted molar refractivity (Wildman–Crippen MR) is 134 cm³/mol. The van der Waals surface area contributed by atoms with Crippen molar-refractivity contribution in [2.75, 3.05) is 11.1 Å². The van der Waals surface area contributed by atoms with Gasteiger partial charge in [0.05, 0.1) is 17.1 Å². The summed E-state index contributed by atoms with van der Waals surface area (Å²) in [6.07, 6.45) is 3.03. The number of hydrogen-bond donors (Lipinski definition) is 3. The highest BCUT2D eigenvalue weighted by Gasteiger charge is 2.34. The molecule has 4 heterocycles. The van der Waals surface area contributed by atoms with Gasteiger partial charge in [-0.1, -0.05) is 30.7 Å². The average molecular weight is 464 g/mol. The van der Waals surface area contributed by atoms with Crippen molar-refractivity contribution < 1.29 is 9.59 Å². The lowest BCUT2D eigenvalue weighted by atomic mass is 9.97. The second kappa shape index (κ2) is 8.76. The molecule has 3 aromatic heterocycles. The van der Waals surface area contributed by atoms with E-state index in [2.05, 4.69) is 44.0 Å². The van der Waals surface area contributed by atoms with Crippen LogP contribution in [0.25, 0.3) is 27.7 Å². The Balaban J connectivity index is 1.53. The molecule has 0 saturated carbocycles. The van der Waals surface area contributed by atoms with Gasteiger partial charge >= 0.3 is 0 Å². The van der Waals surface area contributed by atoms with Gasteiger partial charge in [-0.15, -0.1) is 0 Å². The second-order valence-corrected chi connectivity index (χ2v) is 7.96. The first-order valence-corrected chi connectivity index (χ1v) is 10.9. The van der Waals surface area contributed by atoms with E-state index in [4.69, 9.17) is 5.73 Å². The first kappa shape index (κ1) is 21.9. The first-order chi connectivity index (χ1) is 17.0. The van der Waals surface area contributed by atoms with E-state index in [0.29, 0.717) is 34.8 Å². The molecule has 1 aliphatic rings. The molecule has 0 saturated heterocycles. The van der Waals surface area contributed by atoms with E-state index < -0.39 is 0 Å². The summed E-state index contributed by atoms with van der Waals surface area (Å²) in [6, 6.07) is 12.1. The van der Waals surface area contributed by atoms with Crippen molar-refractivity contribution in [1.82, 2.24) is 24.8 Å². The van der Waals surface area contributed by atoms with E-state index in [-0.39, 0.29) is 17.9 Å². The Kier molecular flexibility index (Phi) is 5.47. The van der Waals surface area contributed by atoms with Crippen LogP contribution in [-0.2, 0) is 11.3 Å². The Labute approximate surface area is 201 Å². The lowest BCUT2D eigenvalue weighted by Crippen LogP contribution is -2.34. The molecule has 5 rings (SSSR count). The van der Waals surface area contributed by atoms with Crippen LogP contribution in [0.1, 0.15) is 23.0 Å². The quantitative estimate of drug-likeness (QED) is 0.399. The van der Waals surface area contributed by atoms with Gasteiger partial charge in [-0.3, -0.25) is 9.59 Å². The third-order valence-electron chi connectivity index (χ3n) is 5.85. The highest BCUT2D eigenvalue weighted by molar-refractivity contribution is 6.08. The Morgan fingerprint density at radius 2 is 1.94 bits per heavy atom. The van der Waals surface area contributed by atoms with Gasteiger partial charge in [-0.25, -0.2) is 15.0 Å². The Morgan fingerprint density at radius 1 is 1.14 bits per heavy atom. The molecule has 0 aliphatic carbocycles. The summed E-state index contributed by atoms with van der Waals surface area (Å²) < 4.78 is 1.98. The van der Waals surface area contributed by atoms with Crippen LogP contribution in [0.2, 0.25) is 0 Å². The maximum absolute atomic E-state index is 12.7. The molecule has 2 amide bonds. The number of benzene rings is 1. The summed E-state index contributed by atoms with van der Waals surface area (Å²) in [4.78, 5) is 37.5. The molecule has 4 N–H and O–H groups in total. The largest absolute Gasteiger partial charge is 0.383 e. The van der Waals surface area contributed by atoms with Crippen molar-refractivity contribution in [3.8, 4) is 23.0 Å². The van der Waals surface area contributed by atoms with Crippen LogP contribution in [0.15, 0.2) is 61.6 Å². The van der Waals surface area contributed by atoms with E-state index >= 15 is 0 Å². The number of carbonyl (C=O) groups is 2. The van der Waals surface area contributed by atoms with Gasteiger partial charge in [-0.05, 0) is 48.2 Å². The number of amides is 2. The van der Waals surface area contributed by atoms with Crippen molar-refractivity contribution in [3.05, 3.63) is 72.8 Å². The molecule has 4 aromatic rings. The highest BCUT2D eigenvalue weighted by Crippen LogP contribution is 2.43. The molecule has 9 heteroatoms. The summed E-state index contributed by atoms with van der Waals surface area (Å²) in [7, 11) is 0. The number of nitrogen functional groups attached to an aromatic ring is 1. The number of aromatic nitrogens is 4. The molecule has 1 unspecified atom stereocenters. The Bertz CT molecular complexity index is 1540. The molecule has 0 bridgehead atoms. The van der Waals surface area contributed by atoms with Gasteiger partial charge in [0.15, 0.2) is 0 Å². The maximum Gasteiger partial charge on any atom is 0.296 e. The lowest BCUT2D eigenvalue weighted by Gasteiger charge is -2.13. The number of nitrogens with two attached hydrogens (primary N) is 1. The second-order valence-electron chi connectivity index (χ2n) is 7.96. The molecule has 0 radical (unpaired) electrons. The summed E-state index contributed by atoms with van der Waals surface area (Å²) in [6.45, 7) is 6.31. The van der Waals surface area contributed by atoms with Gasteiger partial charge in [0.1, 0.15) is 23.6 Å². The van der Waals surface area contributed by atoms with Crippen LogP contribution in [-0.4, -0.2) is 37.4 Å². The normalized spacial score (nSPS) is 14.2. The van der Waals surface area contributed by atoms with Crippen molar-refractivity contribution in [1.29, 1.82) is 0 Å². The standard InChI is InChI=1S/C26H21N7O2/c1-3-6-20(34)31-18-13-33-23(15(18)2)21(22-24(27)29-14-30-25(22)33)16-8-10-17(11-9-16)26(35)32-19-7-4-5-12-28-19/h4-5,7-12,14,18H,2,13H2,1H3,(H,31,34)(H2,27,29,30)(H,28,32,35). The zero-order chi connectivity index (χ0) is 24.5. The third kappa shape index (κ3) is 3.87. The van der Waals surface area contributed by atoms with Gasteiger partial charge in [0.25, 0.3) is 11.8 Å². The molecule has 35 heavy (non-hydrogen) atoms. The molecule has 0 fully saturated rings. The number of pyridine rings is 1. The molecule has 9 nitrogen and oxygen atoms in total. The zero-order valence-corrected chi connectivity index (χ0v) is 18.9. The van der Waals surface area contributed by atoms with E-state index in [1.54, 1.807) is 43.5 Å². The number of fused-ring (bicyclic) bond motifs is 3. The van der Waals surface area contributed by atoms with Gasteiger partial charge < -0.3 is 20.9 Å². The number of carbonyl (C=O) groups excluding carboxylic acids is 2. The molecular weight excluding hydrogens is 442 g/mol. The number of nitrogens with one attached hydrogen (secondary N) is 2. The molecule has 1 atom stereocenters. The number of hydrogen-bond acceptors (Lipinski definition) is 6. The van der Waals surface area contributed by atoms with Gasteiger partial charge in [0.2, 0.25) is 0 Å². The fourth-order valence-electron chi connectivity index (χ4n) is 4.30. The number of anilines is 2. The summed E-state index contributed by atoms with van der Waals surface area (Å²) in [5, 5.41) is 6.38. The fourth-order valence-corrected chi connectivity index (χ4v) is 4.30. The Morgan fingerprint density at radius 3 is 2.66 bits per heavy atom. The van der Waals surface area contributed by atoms with E-state index in [9.17, 15) is 9.59 Å². The minimum Gasteiger partial charge on any atom is -0.383 e. The summed E-state index contributed by atoms with van der Waals surface area (Å²) >= 11 is 0. The third-order valence-corrected chi connectivity index (χ3v) is 5.85. The van der Waals surface area contributed by atoms with Crippen LogP contribution in [0.4, 0.5) is 11.6 Å². The average Bonchev–Trinajstić information content (AvgIpc) is 3.35. The predicted octanol–water partition coefficient (Wildman–Crippen LogP) is 2.86. The van der Waals surface area contributed by atoms with Gasteiger partial charge in [0, 0.05) is 23.9 Å². The molecule has 172 valence electrons. The maximum atomic E-state index is 12.7. The van der Waals surface area contributed by atoms with Crippen molar-refractivity contribution in [3.63, 3.8) is 0 Å². The van der Waals surface area contributed by atoms with E-state index in [1.165, 1.54) is 6.33 Å². The van der Waals surface area contributed by atoms with Crippen LogP contribution in [0, 0.1) is 11.8 Å². The molecule has 0 spiro atoms. The van der Waals surface area contributed by atoms with Crippen LogP contribution < -0.4 is 16.4 Å². The van der Waals surface area contributed by atoms with E-state index in [1.807, 2.05) is 16.7 Å². The molecule has 1 aliphatic heterocycles. The minimum absolute atomic E-state index is 0.269. The van der Waals surface area contributed by atoms with Crippen molar-refractivity contribution in [2.45, 2.75) is 19.5 Å². The van der Waals surface area contributed by atoms with E-state index in [0.717, 1.165) is 22.4 Å². The van der Waals surface area contributed by atoms with Crippen molar-refractivity contribution in [2.24, 2.45) is 0 Å². The Hall–Kier alpha value is -4.97. The lowest BCUT2D eigenvalue weighted by molar-refractivity contribution is -0.116. The van der Waals surface area contributed by atoms with Crippen LogP contribution in [0.3, 0.4) is 0 Å². The zero-order valence-electron chi connectivity index (χ0n) is 18.9. The molecule has 1 aromatic carbocycles. The highest BCUT2D eigenvalue weighted by atomic mass is 16.2. The first-order valence-electron chi connectivity index (χ1n) is 10.9. The monoisotopic (exact) mass is 463 g/mol. The topological polar surface area (TPSA) is 128 Å². The number of rotatable bonds is 4. The van der Waals surface area contributed by atoms with Crippen LogP contribution >= 0.6 is 0 Å². The number of nitrogens with zero attached hydrogens (tertiary/aromatic N) is 4. The minimum atomic E-state index is -0.368. The van der Waals surface area contributed by atoms with Gasteiger partial charge in [-0.2, -0.15) is 0 Å².